The second-order valence-corrected chi connectivity index (χ2v) is 6.95. The third-order valence-corrected chi connectivity index (χ3v) is 5.11. The number of likely N-dealkylation sites (N-methyl/N-ethyl adjacent to an activating group) is 1. The molecule has 1 heterocycles. The highest BCUT2D eigenvalue weighted by atomic mass is 16.5. The predicted octanol–water partition coefficient (Wildman–Crippen LogP) is 3.87. The van der Waals surface area contributed by atoms with E-state index in [-0.39, 0.29) is 11.9 Å². The summed E-state index contributed by atoms with van der Waals surface area (Å²) in [4.78, 5) is 19.3. The van der Waals surface area contributed by atoms with Crippen LogP contribution in [0.3, 0.4) is 0 Å². The molecule has 1 atom stereocenters. The van der Waals surface area contributed by atoms with Gasteiger partial charge in [-0.3, -0.25) is 9.69 Å². The molecule has 158 valence electrons. The molecule has 0 saturated carbocycles. The number of amides is 1. The zero-order valence-electron chi connectivity index (χ0n) is 17.9. The first kappa shape index (κ1) is 21.5. The Bertz CT molecular complexity index is 965. The van der Waals surface area contributed by atoms with Crippen molar-refractivity contribution in [2.24, 2.45) is 0 Å². The zero-order valence-corrected chi connectivity index (χ0v) is 17.9. The SMILES string of the molecule is CCN(CC)C(CNC(=O)c1ccc(-c2nc(C)no2)cc1)c1cccc(OC)c1. The predicted molar refractivity (Wildman–Crippen MR) is 115 cm³/mol. The lowest BCUT2D eigenvalue weighted by Gasteiger charge is -2.30. The topological polar surface area (TPSA) is 80.5 Å². The quantitative estimate of drug-likeness (QED) is 0.579. The van der Waals surface area contributed by atoms with Crippen LogP contribution in [0, 0.1) is 6.92 Å². The van der Waals surface area contributed by atoms with Crippen molar-refractivity contribution in [2.45, 2.75) is 26.8 Å². The fourth-order valence-corrected chi connectivity index (χ4v) is 3.44. The highest BCUT2D eigenvalue weighted by molar-refractivity contribution is 5.94. The lowest BCUT2D eigenvalue weighted by atomic mass is 10.0. The number of nitrogens with zero attached hydrogens (tertiary/aromatic N) is 3. The number of aromatic nitrogens is 2. The van der Waals surface area contributed by atoms with Gasteiger partial charge in [0.2, 0.25) is 0 Å². The van der Waals surface area contributed by atoms with Crippen molar-refractivity contribution < 1.29 is 14.1 Å². The van der Waals surface area contributed by atoms with E-state index in [1.165, 1.54) is 0 Å². The highest BCUT2D eigenvalue weighted by Crippen LogP contribution is 2.24. The highest BCUT2D eigenvalue weighted by Gasteiger charge is 2.20. The van der Waals surface area contributed by atoms with Gasteiger partial charge in [-0.1, -0.05) is 31.1 Å². The van der Waals surface area contributed by atoms with Gasteiger partial charge in [0, 0.05) is 17.7 Å². The Hall–Kier alpha value is -3.19. The Balaban J connectivity index is 1.72. The second kappa shape index (κ2) is 10.0. The van der Waals surface area contributed by atoms with Gasteiger partial charge in [0.15, 0.2) is 5.82 Å². The van der Waals surface area contributed by atoms with Crippen LogP contribution in [0.25, 0.3) is 11.5 Å². The van der Waals surface area contributed by atoms with Crippen LogP contribution in [0.5, 0.6) is 5.75 Å². The number of carbonyl (C=O) groups is 1. The number of benzene rings is 2. The molecule has 1 amide bonds. The summed E-state index contributed by atoms with van der Waals surface area (Å²) in [6.45, 7) is 8.27. The summed E-state index contributed by atoms with van der Waals surface area (Å²) in [5, 5.41) is 6.87. The van der Waals surface area contributed by atoms with Gasteiger partial charge in [0.05, 0.1) is 13.2 Å². The monoisotopic (exact) mass is 408 g/mol. The van der Waals surface area contributed by atoms with Crippen LogP contribution >= 0.6 is 0 Å². The molecule has 0 saturated heterocycles. The lowest BCUT2D eigenvalue weighted by Crippen LogP contribution is -2.38. The molecular weight excluding hydrogens is 380 g/mol. The van der Waals surface area contributed by atoms with Gasteiger partial charge in [-0.25, -0.2) is 0 Å². The van der Waals surface area contributed by atoms with Crippen molar-refractivity contribution in [1.82, 2.24) is 20.4 Å². The molecule has 3 rings (SSSR count). The first-order valence-electron chi connectivity index (χ1n) is 10.1. The van der Waals surface area contributed by atoms with Gasteiger partial charge < -0.3 is 14.6 Å². The molecule has 7 heteroatoms. The summed E-state index contributed by atoms with van der Waals surface area (Å²) in [5.41, 5.74) is 2.48. The number of hydrogen-bond donors (Lipinski definition) is 1. The van der Waals surface area contributed by atoms with Gasteiger partial charge in [0.25, 0.3) is 11.8 Å². The fraction of sp³-hybridized carbons (Fsp3) is 0.348. The molecule has 1 unspecified atom stereocenters. The Morgan fingerprint density at radius 1 is 1.17 bits per heavy atom. The molecule has 30 heavy (non-hydrogen) atoms. The van der Waals surface area contributed by atoms with Crippen molar-refractivity contribution >= 4 is 5.91 Å². The van der Waals surface area contributed by atoms with Crippen LogP contribution in [0.15, 0.2) is 53.1 Å². The summed E-state index contributed by atoms with van der Waals surface area (Å²) in [7, 11) is 1.66. The average Bonchev–Trinajstić information content (AvgIpc) is 3.22. The van der Waals surface area contributed by atoms with Gasteiger partial charge in [-0.15, -0.1) is 0 Å². The largest absolute Gasteiger partial charge is 0.497 e. The van der Waals surface area contributed by atoms with Crippen LogP contribution < -0.4 is 10.1 Å². The summed E-state index contributed by atoms with van der Waals surface area (Å²) in [6, 6.07) is 15.2. The van der Waals surface area contributed by atoms with Crippen molar-refractivity contribution in [3.05, 3.63) is 65.5 Å². The average molecular weight is 409 g/mol. The number of ether oxygens (including phenoxy) is 1. The van der Waals surface area contributed by atoms with Gasteiger partial charge in [-0.05, 0) is 62.0 Å². The van der Waals surface area contributed by atoms with Gasteiger partial charge in [0.1, 0.15) is 5.75 Å². The number of carbonyl (C=O) groups excluding carboxylic acids is 1. The van der Waals surface area contributed by atoms with E-state index in [2.05, 4.69) is 40.3 Å². The van der Waals surface area contributed by atoms with E-state index < -0.39 is 0 Å². The van der Waals surface area contributed by atoms with E-state index in [1.54, 1.807) is 26.2 Å². The third-order valence-electron chi connectivity index (χ3n) is 5.11. The number of nitrogens with one attached hydrogen (secondary N) is 1. The fourth-order valence-electron chi connectivity index (χ4n) is 3.44. The number of rotatable bonds is 9. The molecule has 0 bridgehead atoms. The first-order chi connectivity index (χ1) is 14.5. The smallest absolute Gasteiger partial charge is 0.257 e. The molecule has 0 spiro atoms. The first-order valence-corrected chi connectivity index (χ1v) is 10.1. The van der Waals surface area contributed by atoms with Crippen LogP contribution in [-0.4, -0.2) is 47.7 Å². The summed E-state index contributed by atoms with van der Waals surface area (Å²) < 4.78 is 10.5. The van der Waals surface area contributed by atoms with E-state index in [1.807, 2.05) is 30.3 Å². The Morgan fingerprint density at radius 3 is 2.50 bits per heavy atom. The van der Waals surface area contributed by atoms with Crippen molar-refractivity contribution in [3.63, 3.8) is 0 Å². The minimum Gasteiger partial charge on any atom is -0.497 e. The van der Waals surface area contributed by atoms with E-state index in [4.69, 9.17) is 9.26 Å². The molecular formula is C23H28N4O3. The van der Waals surface area contributed by atoms with E-state index >= 15 is 0 Å². The molecule has 3 aromatic rings. The van der Waals surface area contributed by atoms with Crippen molar-refractivity contribution in [3.8, 4) is 17.2 Å². The van der Waals surface area contributed by atoms with Crippen LogP contribution in [0.1, 0.15) is 41.6 Å². The molecule has 0 aliphatic carbocycles. The molecule has 0 fully saturated rings. The summed E-state index contributed by atoms with van der Waals surface area (Å²) in [6.07, 6.45) is 0. The van der Waals surface area contributed by atoms with E-state index in [9.17, 15) is 4.79 Å². The molecule has 2 aromatic carbocycles. The lowest BCUT2D eigenvalue weighted by molar-refractivity contribution is 0.0935. The zero-order chi connectivity index (χ0) is 21.5. The summed E-state index contributed by atoms with van der Waals surface area (Å²) in [5.74, 6) is 1.71. The molecule has 0 radical (unpaired) electrons. The van der Waals surface area contributed by atoms with E-state index in [0.29, 0.717) is 23.8 Å². The van der Waals surface area contributed by atoms with Gasteiger partial charge >= 0.3 is 0 Å². The summed E-state index contributed by atoms with van der Waals surface area (Å²) >= 11 is 0. The maximum absolute atomic E-state index is 12.7. The molecule has 0 aliphatic heterocycles. The minimum atomic E-state index is -0.122. The molecule has 0 aliphatic rings. The van der Waals surface area contributed by atoms with E-state index in [0.717, 1.165) is 30.0 Å². The maximum Gasteiger partial charge on any atom is 0.257 e. The number of hydrogen-bond acceptors (Lipinski definition) is 6. The van der Waals surface area contributed by atoms with Crippen LogP contribution in [0.4, 0.5) is 0 Å². The van der Waals surface area contributed by atoms with Crippen molar-refractivity contribution in [2.75, 3.05) is 26.7 Å². The molecule has 7 nitrogen and oxygen atoms in total. The van der Waals surface area contributed by atoms with Crippen molar-refractivity contribution in [1.29, 1.82) is 0 Å². The van der Waals surface area contributed by atoms with Crippen LogP contribution in [0.2, 0.25) is 0 Å². The Morgan fingerprint density at radius 2 is 1.90 bits per heavy atom. The number of methoxy groups -OCH3 is 1. The third kappa shape index (κ3) is 5.04. The molecule has 1 N–H and O–H groups in total. The second-order valence-electron chi connectivity index (χ2n) is 6.95. The number of aryl methyl sites for hydroxylation is 1. The maximum atomic E-state index is 12.7. The Kier molecular flexibility index (Phi) is 7.19. The molecule has 1 aromatic heterocycles. The minimum absolute atomic E-state index is 0.0553. The normalized spacial score (nSPS) is 12.0. The van der Waals surface area contributed by atoms with Crippen LogP contribution in [-0.2, 0) is 0 Å². The standard InChI is InChI=1S/C23H28N4O3/c1-5-27(6-2)21(19-8-7-9-20(14-19)29-4)15-24-22(28)17-10-12-18(13-11-17)23-25-16(3)26-30-23/h7-14,21H,5-6,15H2,1-4H3,(H,24,28). The Labute approximate surface area is 177 Å². The van der Waals surface area contributed by atoms with Gasteiger partial charge in [-0.2, -0.15) is 4.98 Å².